The Kier molecular flexibility index (Phi) is 5.25. The Balaban J connectivity index is 1.56. The topological polar surface area (TPSA) is 63.2 Å². The fourth-order valence-electron chi connectivity index (χ4n) is 2.66. The first-order valence-electron chi connectivity index (χ1n) is 7.83. The largest absolute Gasteiger partial charge is 0.497 e. The van der Waals surface area contributed by atoms with Crippen molar-refractivity contribution >= 4 is 17.2 Å². The summed E-state index contributed by atoms with van der Waals surface area (Å²) < 4.78 is 5.12. The van der Waals surface area contributed by atoms with Crippen molar-refractivity contribution in [2.45, 2.75) is 25.3 Å². The number of methoxy groups -OCH3 is 1. The van der Waals surface area contributed by atoms with Crippen molar-refractivity contribution < 1.29 is 9.53 Å². The van der Waals surface area contributed by atoms with Crippen LogP contribution in [-0.2, 0) is 6.54 Å². The average Bonchev–Trinajstić information content (AvgIpc) is 3.11. The fourth-order valence-corrected chi connectivity index (χ4v) is 3.64. The number of hydrogen-bond donors (Lipinski definition) is 2. The fraction of sp³-hybridized carbons (Fsp3) is 0.412. The van der Waals surface area contributed by atoms with Gasteiger partial charge in [0.2, 0.25) is 0 Å². The van der Waals surface area contributed by atoms with Gasteiger partial charge in [-0.25, -0.2) is 4.98 Å². The Hall–Kier alpha value is -1.92. The zero-order chi connectivity index (χ0) is 16.1. The summed E-state index contributed by atoms with van der Waals surface area (Å²) in [6.07, 6.45) is 2.20. The van der Waals surface area contributed by atoms with Crippen LogP contribution in [0.2, 0.25) is 0 Å². The van der Waals surface area contributed by atoms with Crippen molar-refractivity contribution in [3.63, 3.8) is 0 Å². The van der Waals surface area contributed by atoms with E-state index in [-0.39, 0.29) is 5.91 Å². The first-order chi connectivity index (χ1) is 11.3. The Bertz CT molecular complexity index is 648. The standard InChI is InChI=1S/C17H21N3O2S/c1-22-14-4-2-12(3-5-14)10-19-16(21)15-11-23-17(20-15)13-6-8-18-9-7-13/h2-5,11,13,18H,6-10H2,1H3,(H,19,21). The van der Waals surface area contributed by atoms with Crippen LogP contribution in [0.1, 0.15) is 39.8 Å². The van der Waals surface area contributed by atoms with Gasteiger partial charge < -0.3 is 15.4 Å². The number of amides is 1. The molecule has 3 rings (SSSR count). The summed E-state index contributed by atoms with van der Waals surface area (Å²) in [4.78, 5) is 16.8. The molecular formula is C17H21N3O2S. The van der Waals surface area contributed by atoms with E-state index in [9.17, 15) is 4.79 Å². The van der Waals surface area contributed by atoms with E-state index < -0.39 is 0 Å². The first-order valence-corrected chi connectivity index (χ1v) is 8.71. The number of aromatic nitrogens is 1. The van der Waals surface area contributed by atoms with Crippen LogP contribution in [0.3, 0.4) is 0 Å². The predicted octanol–water partition coefficient (Wildman–Crippen LogP) is 2.55. The van der Waals surface area contributed by atoms with E-state index in [0.717, 1.165) is 42.3 Å². The maximum atomic E-state index is 12.2. The predicted molar refractivity (Wildman–Crippen MR) is 91.1 cm³/mol. The van der Waals surface area contributed by atoms with Gasteiger partial charge >= 0.3 is 0 Å². The van der Waals surface area contributed by atoms with Crippen molar-refractivity contribution in [2.24, 2.45) is 0 Å². The number of nitrogens with zero attached hydrogens (tertiary/aromatic N) is 1. The van der Waals surface area contributed by atoms with Gasteiger partial charge in [0.15, 0.2) is 0 Å². The van der Waals surface area contributed by atoms with Gasteiger partial charge in [-0.3, -0.25) is 4.79 Å². The number of carbonyl (C=O) groups is 1. The number of piperidine rings is 1. The molecule has 2 aromatic rings. The summed E-state index contributed by atoms with van der Waals surface area (Å²) in [5, 5.41) is 9.22. The highest BCUT2D eigenvalue weighted by Crippen LogP contribution is 2.27. The molecule has 0 spiro atoms. The van der Waals surface area contributed by atoms with Crippen LogP contribution >= 0.6 is 11.3 Å². The summed E-state index contributed by atoms with van der Waals surface area (Å²) in [7, 11) is 1.64. The third kappa shape index (κ3) is 4.09. The van der Waals surface area contributed by atoms with Gasteiger partial charge in [0.1, 0.15) is 11.4 Å². The smallest absolute Gasteiger partial charge is 0.271 e. The van der Waals surface area contributed by atoms with Crippen LogP contribution < -0.4 is 15.4 Å². The van der Waals surface area contributed by atoms with Gasteiger partial charge in [-0.15, -0.1) is 11.3 Å². The lowest BCUT2D eigenvalue weighted by molar-refractivity contribution is 0.0946. The number of nitrogens with one attached hydrogen (secondary N) is 2. The number of carbonyl (C=O) groups excluding carboxylic acids is 1. The van der Waals surface area contributed by atoms with Crippen molar-refractivity contribution in [3.8, 4) is 5.75 Å². The van der Waals surface area contributed by atoms with E-state index in [0.29, 0.717) is 18.2 Å². The van der Waals surface area contributed by atoms with Crippen LogP contribution in [0, 0.1) is 0 Å². The highest BCUT2D eigenvalue weighted by molar-refractivity contribution is 7.09. The van der Waals surface area contributed by atoms with E-state index in [2.05, 4.69) is 15.6 Å². The van der Waals surface area contributed by atoms with Crippen LogP contribution in [0.5, 0.6) is 5.75 Å². The maximum absolute atomic E-state index is 12.2. The van der Waals surface area contributed by atoms with Crippen LogP contribution in [0.15, 0.2) is 29.6 Å². The second-order valence-corrected chi connectivity index (χ2v) is 6.52. The number of ether oxygens (including phenoxy) is 1. The molecule has 5 nitrogen and oxygen atoms in total. The van der Waals surface area contributed by atoms with E-state index in [1.165, 1.54) is 0 Å². The molecule has 0 saturated carbocycles. The SMILES string of the molecule is COc1ccc(CNC(=O)c2csc(C3CCNCC3)n2)cc1. The lowest BCUT2D eigenvalue weighted by Crippen LogP contribution is -2.27. The number of benzene rings is 1. The zero-order valence-electron chi connectivity index (χ0n) is 13.2. The Labute approximate surface area is 140 Å². The molecule has 1 aromatic heterocycles. The normalized spacial score (nSPS) is 15.3. The van der Waals surface area contributed by atoms with Crippen LogP contribution in [0.4, 0.5) is 0 Å². The van der Waals surface area contributed by atoms with Crippen molar-refractivity contribution in [3.05, 3.63) is 45.9 Å². The Morgan fingerprint density at radius 3 is 2.78 bits per heavy atom. The monoisotopic (exact) mass is 331 g/mol. The lowest BCUT2D eigenvalue weighted by Gasteiger charge is -2.20. The summed E-state index contributed by atoms with van der Waals surface area (Å²) in [6, 6.07) is 7.67. The molecular weight excluding hydrogens is 310 g/mol. The molecule has 1 aromatic carbocycles. The number of hydrogen-bond acceptors (Lipinski definition) is 5. The Morgan fingerprint density at radius 1 is 1.35 bits per heavy atom. The third-order valence-electron chi connectivity index (χ3n) is 4.06. The van der Waals surface area contributed by atoms with Gasteiger partial charge in [-0.1, -0.05) is 12.1 Å². The molecule has 2 heterocycles. The molecule has 0 radical (unpaired) electrons. The van der Waals surface area contributed by atoms with Gasteiger partial charge in [-0.2, -0.15) is 0 Å². The summed E-state index contributed by atoms with van der Waals surface area (Å²) in [6.45, 7) is 2.55. The van der Waals surface area contributed by atoms with Crippen LogP contribution in [-0.4, -0.2) is 31.1 Å². The zero-order valence-corrected chi connectivity index (χ0v) is 14.0. The highest BCUT2D eigenvalue weighted by atomic mass is 32.1. The summed E-state index contributed by atoms with van der Waals surface area (Å²) in [5.74, 6) is 1.19. The minimum absolute atomic E-state index is 0.114. The molecule has 0 unspecified atom stereocenters. The molecule has 0 aliphatic carbocycles. The number of rotatable bonds is 5. The minimum atomic E-state index is -0.114. The van der Waals surface area contributed by atoms with Gasteiger partial charge in [0.05, 0.1) is 12.1 Å². The molecule has 1 fully saturated rings. The van der Waals surface area contributed by atoms with Crippen molar-refractivity contribution in [2.75, 3.05) is 20.2 Å². The van der Waals surface area contributed by atoms with Gasteiger partial charge in [-0.05, 0) is 43.6 Å². The lowest BCUT2D eigenvalue weighted by atomic mass is 9.99. The maximum Gasteiger partial charge on any atom is 0.271 e. The minimum Gasteiger partial charge on any atom is -0.497 e. The molecule has 1 aliphatic heterocycles. The molecule has 122 valence electrons. The molecule has 0 atom stereocenters. The highest BCUT2D eigenvalue weighted by Gasteiger charge is 2.20. The van der Waals surface area contributed by atoms with Gasteiger partial charge in [0.25, 0.3) is 5.91 Å². The second-order valence-electron chi connectivity index (χ2n) is 5.63. The Morgan fingerprint density at radius 2 is 2.09 bits per heavy atom. The average molecular weight is 331 g/mol. The van der Waals surface area contributed by atoms with E-state index in [1.54, 1.807) is 18.4 Å². The quantitative estimate of drug-likeness (QED) is 0.884. The van der Waals surface area contributed by atoms with E-state index in [4.69, 9.17) is 4.74 Å². The summed E-state index contributed by atoms with van der Waals surface area (Å²) >= 11 is 1.59. The first kappa shape index (κ1) is 16.0. The van der Waals surface area contributed by atoms with Crippen LogP contribution in [0.25, 0.3) is 0 Å². The number of thiazole rings is 1. The molecule has 1 aliphatic rings. The van der Waals surface area contributed by atoms with Crippen molar-refractivity contribution in [1.82, 2.24) is 15.6 Å². The molecule has 1 saturated heterocycles. The molecule has 23 heavy (non-hydrogen) atoms. The molecule has 0 bridgehead atoms. The van der Waals surface area contributed by atoms with E-state index >= 15 is 0 Å². The molecule has 1 amide bonds. The second kappa shape index (κ2) is 7.57. The molecule has 2 N–H and O–H groups in total. The van der Waals surface area contributed by atoms with Gasteiger partial charge in [0, 0.05) is 17.8 Å². The molecule has 6 heteroatoms. The summed E-state index contributed by atoms with van der Waals surface area (Å²) in [5.41, 5.74) is 1.56. The van der Waals surface area contributed by atoms with Crippen molar-refractivity contribution in [1.29, 1.82) is 0 Å². The van der Waals surface area contributed by atoms with E-state index in [1.807, 2.05) is 29.6 Å². The third-order valence-corrected chi connectivity index (χ3v) is 5.06.